The van der Waals surface area contributed by atoms with Gasteiger partial charge in [-0.2, -0.15) is 5.26 Å². The first-order chi connectivity index (χ1) is 10.2. The highest BCUT2D eigenvalue weighted by atomic mass is 79.9. The van der Waals surface area contributed by atoms with E-state index in [2.05, 4.69) is 40.3 Å². The summed E-state index contributed by atoms with van der Waals surface area (Å²) in [5, 5.41) is 11.9. The van der Waals surface area contributed by atoms with Gasteiger partial charge in [-0.3, -0.25) is 0 Å². The Hall–Kier alpha value is -1.25. The Labute approximate surface area is 135 Å². The number of nitriles is 1. The Morgan fingerprint density at radius 3 is 2.81 bits per heavy atom. The van der Waals surface area contributed by atoms with E-state index < -0.39 is 0 Å². The average molecular weight is 355 g/mol. The van der Waals surface area contributed by atoms with Gasteiger partial charge in [-0.25, -0.2) is 0 Å². The molecule has 0 saturated carbocycles. The van der Waals surface area contributed by atoms with E-state index in [9.17, 15) is 0 Å². The molecule has 0 aromatic heterocycles. The van der Waals surface area contributed by atoms with E-state index in [-0.39, 0.29) is 0 Å². The van der Waals surface area contributed by atoms with E-state index in [0.717, 1.165) is 53.9 Å². The number of ether oxygens (including phenoxy) is 2. The van der Waals surface area contributed by atoms with Gasteiger partial charge in [-0.15, -0.1) is 0 Å². The van der Waals surface area contributed by atoms with E-state index in [1.165, 1.54) is 0 Å². The molecule has 1 aromatic rings. The number of hydrogen-bond acceptors (Lipinski definition) is 4. The van der Waals surface area contributed by atoms with Crippen molar-refractivity contribution in [1.29, 1.82) is 5.26 Å². The van der Waals surface area contributed by atoms with Crippen molar-refractivity contribution >= 4 is 15.9 Å². The molecule has 0 amide bonds. The number of nitrogens with one attached hydrogen (secondary N) is 1. The first kappa shape index (κ1) is 17.8. The van der Waals surface area contributed by atoms with Crippen LogP contribution in [0.2, 0.25) is 0 Å². The molecule has 0 aliphatic heterocycles. The third-order valence-corrected chi connectivity index (χ3v) is 3.56. The van der Waals surface area contributed by atoms with Crippen LogP contribution >= 0.6 is 15.9 Å². The van der Waals surface area contributed by atoms with E-state index >= 15 is 0 Å². The Balaban J connectivity index is 2.64. The lowest BCUT2D eigenvalue weighted by atomic mass is 10.2. The molecule has 21 heavy (non-hydrogen) atoms. The normalized spacial score (nSPS) is 10.2. The minimum Gasteiger partial charge on any atom is -0.493 e. The van der Waals surface area contributed by atoms with E-state index in [0.29, 0.717) is 13.0 Å². The Morgan fingerprint density at radius 2 is 2.14 bits per heavy atom. The lowest BCUT2D eigenvalue weighted by Gasteiger charge is -2.14. The Bertz CT molecular complexity index is 472. The largest absolute Gasteiger partial charge is 0.493 e. The van der Waals surface area contributed by atoms with Crippen molar-refractivity contribution in [2.75, 3.05) is 20.3 Å². The van der Waals surface area contributed by atoms with E-state index in [4.69, 9.17) is 14.7 Å². The van der Waals surface area contributed by atoms with Crippen molar-refractivity contribution in [2.24, 2.45) is 0 Å². The van der Waals surface area contributed by atoms with Crippen molar-refractivity contribution < 1.29 is 9.47 Å². The molecule has 116 valence electrons. The molecule has 4 nitrogen and oxygen atoms in total. The molecule has 0 aliphatic carbocycles. The molecule has 0 aliphatic rings. The van der Waals surface area contributed by atoms with Gasteiger partial charge in [-0.05, 0) is 59.4 Å². The molecule has 1 rings (SSSR count). The summed E-state index contributed by atoms with van der Waals surface area (Å²) in [5.41, 5.74) is 1.16. The first-order valence-corrected chi connectivity index (χ1v) is 8.09. The fourth-order valence-electron chi connectivity index (χ4n) is 1.91. The number of halogens is 1. The monoisotopic (exact) mass is 354 g/mol. The highest BCUT2D eigenvalue weighted by Crippen LogP contribution is 2.36. The number of rotatable bonds is 10. The fraction of sp³-hybridized carbons (Fsp3) is 0.562. The van der Waals surface area contributed by atoms with Gasteiger partial charge in [0.2, 0.25) is 0 Å². The maximum atomic E-state index is 8.50. The van der Waals surface area contributed by atoms with Crippen LogP contribution in [-0.4, -0.2) is 20.3 Å². The SMILES string of the molecule is CCCNCc1cc(Br)c(OCCCCC#N)c(OC)c1. The van der Waals surface area contributed by atoms with Crippen LogP contribution in [0.1, 0.15) is 38.2 Å². The molecule has 0 fully saturated rings. The van der Waals surface area contributed by atoms with Crippen LogP contribution < -0.4 is 14.8 Å². The predicted molar refractivity (Wildman–Crippen MR) is 87.7 cm³/mol. The number of hydrogen-bond donors (Lipinski definition) is 1. The van der Waals surface area contributed by atoms with Crippen LogP contribution in [0.4, 0.5) is 0 Å². The van der Waals surface area contributed by atoms with Gasteiger partial charge in [0.05, 0.1) is 24.3 Å². The third-order valence-electron chi connectivity index (χ3n) is 2.97. The van der Waals surface area contributed by atoms with Gasteiger partial charge in [0.25, 0.3) is 0 Å². The van der Waals surface area contributed by atoms with Gasteiger partial charge in [0.15, 0.2) is 11.5 Å². The zero-order valence-electron chi connectivity index (χ0n) is 12.7. The van der Waals surface area contributed by atoms with E-state index in [1.807, 2.05) is 6.07 Å². The summed E-state index contributed by atoms with van der Waals surface area (Å²) in [7, 11) is 1.65. The van der Waals surface area contributed by atoms with Gasteiger partial charge >= 0.3 is 0 Å². The summed E-state index contributed by atoms with van der Waals surface area (Å²) in [6.45, 7) is 4.54. The van der Waals surface area contributed by atoms with Gasteiger partial charge in [0, 0.05) is 13.0 Å². The summed E-state index contributed by atoms with van der Waals surface area (Å²) >= 11 is 3.55. The second kappa shape index (κ2) is 10.5. The quantitative estimate of drug-likeness (QED) is 0.644. The molecule has 0 unspecified atom stereocenters. The van der Waals surface area contributed by atoms with Crippen molar-refractivity contribution in [2.45, 2.75) is 39.2 Å². The molecule has 0 radical (unpaired) electrons. The standard InChI is InChI=1S/C16H23BrN2O2/c1-3-8-19-12-13-10-14(17)16(15(11-13)20-2)21-9-6-4-5-7-18/h10-11,19H,3-6,8-9,12H2,1-2H3. The van der Waals surface area contributed by atoms with Gasteiger partial charge < -0.3 is 14.8 Å². The zero-order valence-corrected chi connectivity index (χ0v) is 14.3. The predicted octanol–water partition coefficient (Wildman–Crippen LogP) is 4.03. The van der Waals surface area contributed by atoms with Crippen molar-refractivity contribution in [3.05, 3.63) is 22.2 Å². The van der Waals surface area contributed by atoms with Gasteiger partial charge in [-0.1, -0.05) is 6.92 Å². The zero-order chi connectivity index (χ0) is 15.5. The van der Waals surface area contributed by atoms with Gasteiger partial charge in [0.1, 0.15) is 0 Å². The van der Waals surface area contributed by atoms with Crippen LogP contribution in [-0.2, 0) is 6.54 Å². The summed E-state index contributed by atoms with van der Waals surface area (Å²) in [6, 6.07) is 6.19. The number of methoxy groups -OCH3 is 1. The summed E-state index contributed by atoms with van der Waals surface area (Å²) in [5.74, 6) is 1.46. The molecular formula is C16H23BrN2O2. The maximum absolute atomic E-state index is 8.50. The van der Waals surface area contributed by atoms with E-state index in [1.54, 1.807) is 7.11 Å². The van der Waals surface area contributed by atoms with Crippen molar-refractivity contribution in [1.82, 2.24) is 5.32 Å². The molecule has 0 saturated heterocycles. The molecule has 5 heteroatoms. The summed E-state index contributed by atoms with van der Waals surface area (Å²) in [6.07, 6.45) is 3.41. The molecule has 0 heterocycles. The van der Waals surface area contributed by atoms with Crippen LogP contribution in [0.15, 0.2) is 16.6 Å². The third kappa shape index (κ3) is 6.36. The Kier molecular flexibility index (Phi) is 8.88. The molecule has 0 spiro atoms. The van der Waals surface area contributed by atoms with Crippen LogP contribution in [0.5, 0.6) is 11.5 Å². The Morgan fingerprint density at radius 1 is 1.33 bits per heavy atom. The second-order valence-electron chi connectivity index (χ2n) is 4.75. The van der Waals surface area contributed by atoms with Crippen LogP contribution in [0, 0.1) is 11.3 Å². The number of nitrogens with zero attached hydrogens (tertiary/aromatic N) is 1. The van der Waals surface area contributed by atoms with Crippen LogP contribution in [0.25, 0.3) is 0 Å². The second-order valence-corrected chi connectivity index (χ2v) is 5.60. The number of unbranched alkanes of at least 4 members (excludes halogenated alkanes) is 2. The van der Waals surface area contributed by atoms with Crippen molar-refractivity contribution in [3.63, 3.8) is 0 Å². The highest BCUT2D eigenvalue weighted by Gasteiger charge is 2.11. The fourth-order valence-corrected chi connectivity index (χ4v) is 2.51. The minimum atomic E-state index is 0.573. The lowest BCUT2D eigenvalue weighted by molar-refractivity contribution is 0.285. The number of benzene rings is 1. The van der Waals surface area contributed by atoms with Crippen LogP contribution in [0.3, 0.4) is 0 Å². The lowest BCUT2D eigenvalue weighted by Crippen LogP contribution is -2.14. The summed E-state index contributed by atoms with van der Waals surface area (Å²) < 4.78 is 12.1. The molecule has 0 atom stereocenters. The molecule has 1 aromatic carbocycles. The first-order valence-electron chi connectivity index (χ1n) is 7.29. The molecule has 0 bridgehead atoms. The topological polar surface area (TPSA) is 54.3 Å². The molecule has 1 N–H and O–H groups in total. The average Bonchev–Trinajstić information content (AvgIpc) is 2.48. The minimum absolute atomic E-state index is 0.573. The molecular weight excluding hydrogens is 332 g/mol. The maximum Gasteiger partial charge on any atom is 0.175 e. The van der Waals surface area contributed by atoms with Crippen molar-refractivity contribution in [3.8, 4) is 17.6 Å². The highest BCUT2D eigenvalue weighted by molar-refractivity contribution is 9.10. The smallest absolute Gasteiger partial charge is 0.175 e. The summed E-state index contributed by atoms with van der Waals surface area (Å²) in [4.78, 5) is 0.